The van der Waals surface area contributed by atoms with Gasteiger partial charge in [0.1, 0.15) is 10.0 Å². The maximum Gasteiger partial charge on any atom is 0.252 e. The molecule has 1 aromatic rings. The summed E-state index contributed by atoms with van der Waals surface area (Å²) in [6.45, 7) is 2.64. The van der Waals surface area contributed by atoms with Crippen LogP contribution in [-0.4, -0.2) is 36.9 Å². The zero-order valence-corrected chi connectivity index (χ0v) is 14.1. The molecular formula is C11H16BrN3O3S2. The van der Waals surface area contributed by atoms with Crippen LogP contribution in [0.4, 0.5) is 0 Å². The molecular weight excluding hydrogens is 366 g/mol. The zero-order chi connectivity index (χ0) is 14.9. The van der Waals surface area contributed by atoms with Crippen molar-refractivity contribution >= 4 is 43.1 Å². The number of piperidine rings is 1. The van der Waals surface area contributed by atoms with Crippen LogP contribution < -0.4 is 5.73 Å². The van der Waals surface area contributed by atoms with Gasteiger partial charge >= 0.3 is 0 Å². The van der Waals surface area contributed by atoms with E-state index in [2.05, 4.69) is 21.1 Å². The number of sulfonamides is 1. The lowest BCUT2D eigenvalue weighted by Gasteiger charge is -2.30. The normalized spacial score (nSPS) is 19.4. The minimum Gasteiger partial charge on any atom is -0.409 e. The summed E-state index contributed by atoms with van der Waals surface area (Å²) in [4.78, 5) is 0. The van der Waals surface area contributed by atoms with Gasteiger partial charge in [0.05, 0.1) is 3.79 Å². The predicted molar refractivity (Wildman–Crippen MR) is 81.6 cm³/mol. The number of halogens is 1. The highest BCUT2D eigenvalue weighted by Crippen LogP contribution is 2.33. The fraction of sp³-hybridized carbons (Fsp3) is 0.545. The third-order valence-corrected chi connectivity index (χ3v) is 7.90. The first kappa shape index (κ1) is 15.7. The highest BCUT2D eigenvalue weighted by Gasteiger charge is 2.32. The van der Waals surface area contributed by atoms with Crippen LogP contribution >= 0.6 is 27.3 Å². The fourth-order valence-corrected chi connectivity index (χ4v) is 6.01. The molecule has 6 nitrogen and oxygen atoms in total. The lowest BCUT2D eigenvalue weighted by atomic mass is 9.97. The molecule has 2 heterocycles. The second kappa shape index (κ2) is 6.00. The van der Waals surface area contributed by atoms with E-state index in [1.807, 2.05) is 6.92 Å². The van der Waals surface area contributed by atoms with E-state index in [0.29, 0.717) is 30.1 Å². The number of hydrogen-bond donors (Lipinski definition) is 2. The molecule has 20 heavy (non-hydrogen) atoms. The molecule has 0 aliphatic carbocycles. The average molecular weight is 382 g/mol. The Bertz CT molecular complexity index is 599. The molecule has 1 aliphatic rings. The Kier molecular flexibility index (Phi) is 4.73. The molecule has 0 atom stereocenters. The Hall–Kier alpha value is -0.640. The average Bonchev–Trinajstić information content (AvgIpc) is 2.78. The molecule has 9 heteroatoms. The van der Waals surface area contributed by atoms with E-state index in [9.17, 15) is 8.42 Å². The molecule has 3 N–H and O–H groups in total. The summed E-state index contributed by atoms with van der Waals surface area (Å²) in [7, 11) is -3.44. The van der Waals surface area contributed by atoms with Crippen LogP contribution in [0.3, 0.4) is 0 Å². The number of thiophene rings is 1. The van der Waals surface area contributed by atoms with Crippen LogP contribution in [-0.2, 0) is 10.0 Å². The lowest BCUT2D eigenvalue weighted by molar-refractivity contribution is 0.291. The molecule has 112 valence electrons. The molecule has 0 aromatic carbocycles. The van der Waals surface area contributed by atoms with Crippen molar-refractivity contribution in [3.63, 3.8) is 0 Å². The summed E-state index contributed by atoms with van der Waals surface area (Å²) in [6.07, 6.45) is 1.14. The predicted octanol–water partition coefficient (Wildman–Crippen LogP) is 1.97. The highest BCUT2D eigenvalue weighted by molar-refractivity contribution is 9.11. The van der Waals surface area contributed by atoms with Gasteiger partial charge in [-0.05, 0) is 47.3 Å². The molecule has 0 spiro atoms. The molecule has 0 amide bonds. The number of oxime groups is 1. The van der Waals surface area contributed by atoms with Gasteiger partial charge in [-0.2, -0.15) is 4.31 Å². The van der Waals surface area contributed by atoms with E-state index in [0.717, 1.165) is 9.35 Å². The Morgan fingerprint density at radius 3 is 2.60 bits per heavy atom. The van der Waals surface area contributed by atoms with E-state index >= 15 is 0 Å². The summed E-state index contributed by atoms with van der Waals surface area (Å²) in [5, 5.41) is 11.6. The summed E-state index contributed by atoms with van der Waals surface area (Å²) >= 11 is 4.57. The van der Waals surface area contributed by atoms with Crippen LogP contribution in [0.25, 0.3) is 0 Å². The Morgan fingerprint density at radius 2 is 2.15 bits per heavy atom. The van der Waals surface area contributed by atoms with Crippen molar-refractivity contribution in [3.8, 4) is 0 Å². The Labute approximate surface area is 130 Å². The van der Waals surface area contributed by atoms with Gasteiger partial charge in [-0.25, -0.2) is 8.42 Å². The topological polar surface area (TPSA) is 96.0 Å². The molecule has 1 aliphatic heterocycles. The van der Waals surface area contributed by atoms with Crippen LogP contribution in [0.15, 0.2) is 19.2 Å². The SMILES string of the molecule is Cc1cc(S(=O)(=O)N2CCC(/C(N)=N/O)CC2)sc1Br. The van der Waals surface area contributed by atoms with Gasteiger partial charge in [0.15, 0.2) is 0 Å². The maximum atomic E-state index is 12.5. The number of nitrogens with zero attached hydrogens (tertiary/aromatic N) is 2. The first-order valence-corrected chi connectivity index (χ1v) is 9.14. The number of rotatable bonds is 3. The molecule has 0 radical (unpaired) electrons. The van der Waals surface area contributed by atoms with Crippen LogP contribution in [0, 0.1) is 12.8 Å². The number of nitrogens with two attached hydrogens (primary N) is 1. The minimum atomic E-state index is -3.44. The van der Waals surface area contributed by atoms with Gasteiger partial charge < -0.3 is 10.9 Å². The van der Waals surface area contributed by atoms with E-state index in [-0.39, 0.29) is 11.8 Å². The van der Waals surface area contributed by atoms with Crippen molar-refractivity contribution < 1.29 is 13.6 Å². The van der Waals surface area contributed by atoms with Gasteiger partial charge in [-0.15, -0.1) is 11.3 Å². The standard InChI is InChI=1S/C11H16BrN3O3S2/c1-7-6-9(19-10(7)12)20(17,18)15-4-2-8(3-5-15)11(13)14-16/h6,8,16H,2-5H2,1H3,(H2,13,14). The van der Waals surface area contributed by atoms with Gasteiger partial charge in [0, 0.05) is 19.0 Å². The molecule has 1 fully saturated rings. The molecule has 0 saturated carbocycles. The van der Waals surface area contributed by atoms with E-state index in [1.54, 1.807) is 6.07 Å². The van der Waals surface area contributed by atoms with Gasteiger partial charge in [0.2, 0.25) is 0 Å². The first-order valence-electron chi connectivity index (χ1n) is 6.09. The van der Waals surface area contributed by atoms with Crippen LogP contribution in [0.5, 0.6) is 0 Å². The van der Waals surface area contributed by atoms with Crippen molar-refractivity contribution in [1.82, 2.24) is 4.31 Å². The number of aryl methyl sites for hydroxylation is 1. The minimum absolute atomic E-state index is 0.0525. The van der Waals surface area contributed by atoms with Gasteiger partial charge in [-0.1, -0.05) is 5.16 Å². The molecule has 1 saturated heterocycles. The van der Waals surface area contributed by atoms with Crippen molar-refractivity contribution in [2.45, 2.75) is 24.0 Å². The summed E-state index contributed by atoms with van der Waals surface area (Å²) in [6, 6.07) is 1.68. The lowest BCUT2D eigenvalue weighted by Crippen LogP contribution is -2.41. The van der Waals surface area contributed by atoms with Gasteiger partial charge in [0.25, 0.3) is 10.0 Å². The van der Waals surface area contributed by atoms with Crippen molar-refractivity contribution in [3.05, 3.63) is 15.4 Å². The Morgan fingerprint density at radius 1 is 1.55 bits per heavy atom. The van der Waals surface area contributed by atoms with Crippen molar-refractivity contribution in [2.75, 3.05) is 13.1 Å². The molecule has 0 bridgehead atoms. The quantitative estimate of drug-likeness (QED) is 0.362. The molecule has 2 rings (SSSR count). The third-order valence-electron chi connectivity index (χ3n) is 3.42. The number of amidine groups is 1. The maximum absolute atomic E-state index is 12.5. The third kappa shape index (κ3) is 3.00. The second-order valence-electron chi connectivity index (χ2n) is 4.73. The molecule has 0 unspecified atom stereocenters. The monoisotopic (exact) mass is 381 g/mol. The van der Waals surface area contributed by atoms with Crippen LogP contribution in [0.2, 0.25) is 0 Å². The smallest absolute Gasteiger partial charge is 0.252 e. The second-order valence-corrected chi connectivity index (χ2v) is 9.26. The summed E-state index contributed by atoms with van der Waals surface area (Å²) in [5.41, 5.74) is 6.48. The van der Waals surface area contributed by atoms with E-state index < -0.39 is 10.0 Å². The van der Waals surface area contributed by atoms with E-state index in [4.69, 9.17) is 10.9 Å². The Balaban J connectivity index is 2.13. The van der Waals surface area contributed by atoms with Crippen LogP contribution in [0.1, 0.15) is 18.4 Å². The van der Waals surface area contributed by atoms with E-state index in [1.165, 1.54) is 15.6 Å². The fourth-order valence-electron chi connectivity index (χ4n) is 2.16. The highest BCUT2D eigenvalue weighted by atomic mass is 79.9. The van der Waals surface area contributed by atoms with Crippen molar-refractivity contribution in [2.24, 2.45) is 16.8 Å². The van der Waals surface area contributed by atoms with Crippen molar-refractivity contribution in [1.29, 1.82) is 0 Å². The van der Waals surface area contributed by atoms with Gasteiger partial charge in [-0.3, -0.25) is 0 Å². The molecule has 1 aromatic heterocycles. The summed E-state index contributed by atoms with van der Waals surface area (Å²) < 4.78 is 27.7. The largest absolute Gasteiger partial charge is 0.409 e. The summed E-state index contributed by atoms with van der Waals surface area (Å²) in [5.74, 6) is 0.125. The first-order chi connectivity index (χ1) is 9.36. The number of hydrogen-bond acceptors (Lipinski definition) is 5. The zero-order valence-electron chi connectivity index (χ0n) is 10.9.